The molecule has 102 valence electrons. The van der Waals surface area contributed by atoms with Gasteiger partial charge in [0.25, 0.3) is 0 Å². The molecule has 18 heavy (non-hydrogen) atoms. The van der Waals surface area contributed by atoms with Crippen LogP contribution in [-0.2, 0) is 0 Å². The lowest BCUT2D eigenvalue weighted by Crippen LogP contribution is -2.54. The van der Waals surface area contributed by atoms with Gasteiger partial charge in [-0.05, 0) is 38.5 Å². The number of hydrazine groups is 1. The van der Waals surface area contributed by atoms with Crippen molar-refractivity contribution < 1.29 is 9.59 Å². The van der Waals surface area contributed by atoms with Gasteiger partial charge in [-0.1, -0.05) is 0 Å². The fourth-order valence-electron chi connectivity index (χ4n) is 2.46. The first-order valence-corrected chi connectivity index (χ1v) is 6.87. The number of carbonyl (C=O) groups excluding carboxylic acids is 2. The zero-order valence-electron chi connectivity index (χ0n) is 10.8. The number of amides is 4. The molecule has 0 radical (unpaired) electrons. The second kappa shape index (κ2) is 6.47. The number of hydrogen-bond acceptors (Lipinski definition) is 2. The molecule has 0 aromatic rings. The van der Waals surface area contributed by atoms with Crippen molar-refractivity contribution >= 4 is 12.1 Å². The first-order valence-electron chi connectivity index (χ1n) is 6.87. The predicted molar refractivity (Wildman–Crippen MR) is 67.9 cm³/mol. The highest BCUT2D eigenvalue weighted by Gasteiger charge is 2.19. The lowest BCUT2D eigenvalue weighted by Gasteiger charge is -2.29. The lowest BCUT2D eigenvalue weighted by molar-refractivity contribution is 0.167. The molecule has 2 heterocycles. The molecular formula is C12H22N4O2. The summed E-state index contributed by atoms with van der Waals surface area (Å²) >= 11 is 0. The minimum absolute atomic E-state index is 0.194. The number of likely N-dealkylation sites (tertiary alicyclic amines) is 2. The van der Waals surface area contributed by atoms with Crippen molar-refractivity contribution in [2.24, 2.45) is 0 Å². The molecule has 0 aromatic heterocycles. The monoisotopic (exact) mass is 254 g/mol. The molecule has 2 fully saturated rings. The Morgan fingerprint density at radius 2 is 0.944 bits per heavy atom. The van der Waals surface area contributed by atoms with Gasteiger partial charge in [0.05, 0.1) is 0 Å². The minimum atomic E-state index is -0.194. The predicted octanol–water partition coefficient (Wildman–Crippen LogP) is 1.29. The van der Waals surface area contributed by atoms with E-state index in [0.29, 0.717) is 0 Å². The molecular weight excluding hydrogens is 232 g/mol. The van der Waals surface area contributed by atoms with E-state index in [1.807, 2.05) is 0 Å². The van der Waals surface area contributed by atoms with Crippen LogP contribution in [0.15, 0.2) is 0 Å². The van der Waals surface area contributed by atoms with Crippen molar-refractivity contribution in [1.29, 1.82) is 0 Å². The Balaban J connectivity index is 1.69. The van der Waals surface area contributed by atoms with Crippen LogP contribution in [0.5, 0.6) is 0 Å². The molecule has 0 aliphatic carbocycles. The molecule has 0 saturated carbocycles. The highest BCUT2D eigenvalue weighted by atomic mass is 16.2. The molecule has 2 rings (SSSR count). The van der Waals surface area contributed by atoms with Gasteiger partial charge in [-0.25, -0.2) is 20.4 Å². The lowest BCUT2D eigenvalue weighted by atomic mass is 10.1. The average molecular weight is 254 g/mol. The van der Waals surface area contributed by atoms with Crippen molar-refractivity contribution in [1.82, 2.24) is 20.7 Å². The topological polar surface area (TPSA) is 64.7 Å². The van der Waals surface area contributed by atoms with Gasteiger partial charge in [0.15, 0.2) is 0 Å². The van der Waals surface area contributed by atoms with Gasteiger partial charge < -0.3 is 9.80 Å². The Hall–Kier alpha value is -1.46. The third-order valence-electron chi connectivity index (χ3n) is 3.56. The van der Waals surface area contributed by atoms with Gasteiger partial charge in [0.2, 0.25) is 0 Å². The van der Waals surface area contributed by atoms with Gasteiger partial charge >= 0.3 is 12.1 Å². The van der Waals surface area contributed by atoms with Gasteiger partial charge in [0, 0.05) is 26.2 Å². The fourth-order valence-corrected chi connectivity index (χ4v) is 2.46. The number of carbonyl (C=O) groups is 2. The SMILES string of the molecule is O=C(NNC(=O)N1CCCCC1)N1CCCCC1. The first-order chi connectivity index (χ1) is 8.77. The Labute approximate surface area is 108 Å². The summed E-state index contributed by atoms with van der Waals surface area (Å²) in [6.45, 7) is 3.13. The molecule has 6 heteroatoms. The van der Waals surface area contributed by atoms with E-state index in [1.54, 1.807) is 9.80 Å². The highest BCUT2D eigenvalue weighted by Crippen LogP contribution is 2.09. The standard InChI is InChI=1S/C12H22N4O2/c17-11(15-7-3-1-4-8-15)13-14-12(18)16-9-5-2-6-10-16/h1-10H2,(H,13,17)(H,14,18). The Bertz CT molecular complexity index is 266. The van der Waals surface area contributed by atoms with Crippen LogP contribution in [0.3, 0.4) is 0 Å². The van der Waals surface area contributed by atoms with Crippen molar-refractivity contribution in [3.05, 3.63) is 0 Å². The Kier molecular flexibility index (Phi) is 4.66. The van der Waals surface area contributed by atoms with E-state index in [1.165, 1.54) is 12.8 Å². The maximum absolute atomic E-state index is 11.8. The first kappa shape index (κ1) is 13.0. The number of urea groups is 2. The third-order valence-corrected chi connectivity index (χ3v) is 3.56. The van der Waals surface area contributed by atoms with Crippen LogP contribution < -0.4 is 10.9 Å². The molecule has 0 atom stereocenters. The van der Waals surface area contributed by atoms with Gasteiger partial charge in [-0.3, -0.25) is 0 Å². The smallest absolute Gasteiger partial charge is 0.323 e. The summed E-state index contributed by atoms with van der Waals surface area (Å²) in [4.78, 5) is 27.0. The van der Waals surface area contributed by atoms with E-state index in [2.05, 4.69) is 10.9 Å². The van der Waals surface area contributed by atoms with Crippen molar-refractivity contribution in [2.45, 2.75) is 38.5 Å². The number of hydrogen-bond donors (Lipinski definition) is 2. The van der Waals surface area contributed by atoms with Crippen molar-refractivity contribution in [2.75, 3.05) is 26.2 Å². The zero-order chi connectivity index (χ0) is 12.8. The number of nitrogens with one attached hydrogen (secondary N) is 2. The molecule has 0 aromatic carbocycles. The third kappa shape index (κ3) is 3.51. The van der Waals surface area contributed by atoms with E-state index in [-0.39, 0.29) is 12.1 Å². The largest absolute Gasteiger partial charge is 0.336 e. The van der Waals surface area contributed by atoms with Gasteiger partial charge in [-0.2, -0.15) is 0 Å². The summed E-state index contributed by atoms with van der Waals surface area (Å²) in [5, 5.41) is 0. The van der Waals surface area contributed by atoms with Crippen LogP contribution >= 0.6 is 0 Å². The zero-order valence-corrected chi connectivity index (χ0v) is 10.8. The normalized spacial score (nSPS) is 20.4. The molecule has 2 aliphatic rings. The molecule has 0 unspecified atom stereocenters. The summed E-state index contributed by atoms with van der Waals surface area (Å²) in [6, 6.07) is -0.389. The van der Waals surface area contributed by atoms with E-state index in [9.17, 15) is 9.59 Å². The van der Waals surface area contributed by atoms with E-state index in [0.717, 1.165) is 51.9 Å². The summed E-state index contributed by atoms with van der Waals surface area (Å²) in [7, 11) is 0. The summed E-state index contributed by atoms with van der Waals surface area (Å²) < 4.78 is 0. The fraction of sp³-hybridized carbons (Fsp3) is 0.833. The molecule has 6 nitrogen and oxygen atoms in total. The summed E-state index contributed by atoms with van der Waals surface area (Å²) in [5.74, 6) is 0. The number of rotatable bonds is 0. The van der Waals surface area contributed by atoms with Crippen LogP contribution in [0.25, 0.3) is 0 Å². The van der Waals surface area contributed by atoms with Crippen LogP contribution in [0.1, 0.15) is 38.5 Å². The second-order valence-electron chi connectivity index (χ2n) is 4.96. The van der Waals surface area contributed by atoms with Gasteiger partial charge in [-0.15, -0.1) is 0 Å². The Morgan fingerprint density at radius 3 is 1.28 bits per heavy atom. The van der Waals surface area contributed by atoms with Crippen LogP contribution in [0.2, 0.25) is 0 Å². The summed E-state index contributed by atoms with van der Waals surface area (Å²) in [5.41, 5.74) is 4.99. The maximum atomic E-state index is 11.8. The van der Waals surface area contributed by atoms with Crippen LogP contribution in [0.4, 0.5) is 9.59 Å². The van der Waals surface area contributed by atoms with Gasteiger partial charge in [0.1, 0.15) is 0 Å². The number of piperidine rings is 2. The molecule has 2 aliphatic heterocycles. The van der Waals surface area contributed by atoms with Crippen LogP contribution in [-0.4, -0.2) is 48.0 Å². The summed E-state index contributed by atoms with van der Waals surface area (Å²) in [6.07, 6.45) is 6.57. The molecule has 0 bridgehead atoms. The maximum Gasteiger partial charge on any atom is 0.336 e. The molecule has 0 spiro atoms. The average Bonchev–Trinajstić information content (AvgIpc) is 2.46. The quantitative estimate of drug-likeness (QED) is 0.640. The van der Waals surface area contributed by atoms with E-state index in [4.69, 9.17) is 0 Å². The van der Waals surface area contributed by atoms with Crippen LogP contribution in [0, 0.1) is 0 Å². The minimum Gasteiger partial charge on any atom is -0.323 e. The molecule has 4 amide bonds. The number of nitrogens with zero attached hydrogens (tertiary/aromatic N) is 2. The van der Waals surface area contributed by atoms with Crippen molar-refractivity contribution in [3.63, 3.8) is 0 Å². The van der Waals surface area contributed by atoms with E-state index < -0.39 is 0 Å². The second-order valence-corrected chi connectivity index (χ2v) is 4.96. The Morgan fingerprint density at radius 1 is 0.611 bits per heavy atom. The molecule has 2 N–H and O–H groups in total. The van der Waals surface area contributed by atoms with E-state index >= 15 is 0 Å². The highest BCUT2D eigenvalue weighted by molar-refractivity contribution is 5.80. The molecule has 2 saturated heterocycles. The van der Waals surface area contributed by atoms with Crippen molar-refractivity contribution in [3.8, 4) is 0 Å².